The molecule has 2 aromatic rings. The third kappa shape index (κ3) is 2.96. The molecule has 0 spiro atoms. The van der Waals surface area contributed by atoms with E-state index in [9.17, 15) is 4.79 Å². The summed E-state index contributed by atoms with van der Waals surface area (Å²) in [6, 6.07) is 16.8. The first-order chi connectivity index (χ1) is 8.70. The quantitative estimate of drug-likeness (QED) is 0.629. The third-order valence-corrected chi connectivity index (χ3v) is 3.37. The van der Waals surface area contributed by atoms with Crippen molar-refractivity contribution in [2.45, 2.75) is 6.42 Å². The summed E-state index contributed by atoms with van der Waals surface area (Å²) in [7, 11) is 0. The van der Waals surface area contributed by atoms with Gasteiger partial charge in [0.05, 0.1) is 11.6 Å². The summed E-state index contributed by atoms with van der Waals surface area (Å²) in [4.78, 5) is 12.1. The minimum Gasteiger partial charge on any atom is -0.294 e. The highest BCUT2D eigenvalue weighted by atomic mass is 127. The number of ketones is 1. The van der Waals surface area contributed by atoms with Gasteiger partial charge in [0.2, 0.25) is 0 Å². The van der Waals surface area contributed by atoms with Gasteiger partial charge < -0.3 is 0 Å². The molecule has 0 N–H and O–H groups in total. The van der Waals surface area contributed by atoms with Gasteiger partial charge >= 0.3 is 0 Å². The van der Waals surface area contributed by atoms with E-state index in [-0.39, 0.29) is 12.2 Å². The fourth-order valence-corrected chi connectivity index (χ4v) is 2.05. The molecule has 18 heavy (non-hydrogen) atoms. The zero-order valence-corrected chi connectivity index (χ0v) is 11.7. The summed E-state index contributed by atoms with van der Waals surface area (Å²) in [5.74, 6) is 0.0362. The van der Waals surface area contributed by atoms with Crippen LogP contribution in [-0.4, -0.2) is 5.78 Å². The molecule has 0 heterocycles. The average Bonchev–Trinajstić information content (AvgIpc) is 2.40. The maximum Gasteiger partial charge on any atom is 0.167 e. The molecule has 2 aromatic carbocycles. The van der Waals surface area contributed by atoms with Gasteiger partial charge in [0, 0.05) is 15.6 Å². The van der Waals surface area contributed by atoms with Crippen LogP contribution in [0.5, 0.6) is 0 Å². The normalized spacial score (nSPS) is 9.78. The Morgan fingerprint density at radius 1 is 1.11 bits per heavy atom. The number of benzene rings is 2. The van der Waals surface area contributed by atoms with Gasteiger partial charge in [0.1, 0.15) is 0 Å². The molecule has 0 atom stereocenters. The Balaban J connectivity index is 2.22. The molecule has 0 radical (unpaired) electrons. The summed E-state index contributed by atoms with van der Waals surface area (Å²) >= 11 is 2.20. The molecule has 0 aromatic heterocycles. The molecule has 2 rings (SSSR count). The Kier molecular flexibility index (Phi) is 4.11. The first-order valence-corrected chi connectivity index (χ1v) is 6.55. The summed E-state index contributed by atoms with van der Waals surface area (Å²) in [5, 5.41) is 8.98. The molecule has 3 heteroatoms. The Morgan fingerprint density at radius 3 is 2.44 bits per heavy atom. The van der Waals surface area contributed by atoms with Crippen molar-refractivity contribution in [3.05, 3.63) is 68.8 Å². The topological polar surface area (TPSA) is 40.9 Å². The molecule has 0 aliphatic carbocycles. The molecular formula is C15H10INO. The highest BCUT2D eigenvalue weighted by molar-refractivity contribution is 14.1. The van der Waals surface area contributed by atoms with Crippen LogP contribution in [0.4, 0.5) is 0 Å². The van der Waals surface area contributed by atoms with E-state index < -0.39 is 0 Å². The van der Waals surface area contributed by atoms with Crippen LogP contribution in [0.3, 0.4) is 0 Å². The van der Waals surface area contributed by atoms with Crippen molar-refractivity contribution in [2.75, 3.05) is 0 Å². The van der Waals surface area contributed by atoms with E-state index in [0.717, 1.165) is 9.13 Å². The lowest BCUT2D eigenvalue weighted by Gasteiger charge is -2.03. The van der Waals surface area contributed by atoms with E-state index >= 15 is 0 Å². The fourth-order valence-electron chi connectivity index (χ4n) is 1.69. The van der Waals surface area contributed by atoms with E-state index in [1.54, 1.807) is 12.1 Å². The minimum atomic E-state index is 0.0362. The SMILES string of the molecule is N#Cc1ccccc1CC(=O)c1ccc(I)cc1. The van der Waals surface area contributed by atoms with E-state index in [4.69, 9.17) is 5.26 Å². The smallest absolute Gasteiger partial charge is 0.167 e. The van der Waals surface area contributed by atoms with Crippen molar-refractivity contribution >= 4 is 28.4 Å². The number of nitriles is 1. The lowest BCUT2D eigenvalue weighted by Crippen LogP contribution is -2.04. The number of halogens is 1. The van der Waals surface area contributed by atoms with E-state index in [1.165, 1.54) is 0 Å². The van der Waals surface area contributed by atoms with E-state index in [2.05, 4.69) is 28.7 Å². The fraction of sp³-hybridized carbons (Fsp3) is 0.0667. The van der Waals surface area contributed by atoms with Gasteiger partial charge in [0.15, 0.2) is 5.78 Å². The average molecular weight is 347 g/mol. The maximum absolute atomic E-state index is 12.1. The van der Waals surface area contributed by atoms with Crippen molar-refractivity contribution in [1.82, 2.24) is 0 Å². The number of rotatable bonds is 3. The Labute approximate surface area is 119 Å². The standard InChI is InChI=1S/C15H10INO/c16-14-7-5-11(6-8-14)15(18)9-12-3-1-2-4-13(12)10-17/h1-8H,9H2. The predicted octanol–water partition coefficient (Wildman–Crippen LogP) is 3.59. The molecule has 0 unspecified atom stereocenters. The Hall–Kier alpha value is -1.67. The second-order valence-electron chi connectivity index (χ2n) is 3.88. The van der Waals surface area contributed by atoms with E-state index in [0.29, 0.717) is 11.1 Å². The van der Waals surface area contributed by atoms with Crippen LogP contribution in [-0.2, 0) is 6.42 Å². The summed E-state index contributed by atoms with van der Waals surface area (Å²) < 4.78 is 1.10. The largest absolute Gasteiger partial charge is 0.294 e. The van der Waals surface area contributed by atoms with Crippen LogP contribution in [0.1, 0.15) is 21.5 Å². The minimum absolute atomic E-state index is 0.0362. The Bertz CT molecular complexity index is 611. The first-order valence-electron chi connectivity index (χ1n) is 5.47. The first kappa shape index (κ1) is 12.8. The molecule has 2 nitrogen and oxygen atoms in total. The van der Waals surface area contributed by atoms with Crippen LogP contribution in [0, 0.1) is 14.9 Å². The second kappa shape index (κ2) is 5.78. The van der Waals surface area contributed by atoms with Crippen molar-refractivity contribution in [1.29, 1.82) is 5.26 Å². The van der Waals surface area contributed by atoms with Crippen LogP contribution in [0.2, 0.25) is 0 Å². The predicted molar refractivity (Wildman–Crippen MR) is 78.4 cm³/mol. The summed E-state index contributed by atoms with van der Waals surface area (Å²) in [6.07, 6.45) is 0.268. The van der Waals surface area contributed by atoms with Crippen molar-refractivity contribution in [3.63, 3.8) is 0 Å². The summed E-state index contributed by atoms with van der Waals surface area (Å²) in [6.45, 7) is 0. The van der Waals surface area contributed by atoms with Gasteiger partial charge in [-0.25, -0.2) is 0 Å². The van der Waals surface area contributed by atoms with Gasteiger partial charge in [-0.3, -0.25) is 4.79 Å². The molecule has 0 aliphatic rings. The summed E-state index contributed by atoms with van der Waals surface area (Å²) in [5.41, 5.74) is 2.03. The molecule has 88 valence electrons. The molecule has 0 saturated heterocycles. The monoisotopic (exact) mass is 347 g/mol. The van der Waals surface area contributed by atoms with Gasteiger partial charge in [-0.05, 0) is 46.4 Å². The van der Waals surface area contributed by atoms with Crippen molar-refractivity contribution in [3.8, 4) is 6.07 Å². The maximum atomic E-state index is 12.1. The lowest BCUT2D eigenvalue weighted by molar-refractivity contribution is 0.0993. The van der Waals surface area contributed by atoms with Gasteiger partial charge in [0.25, 0.3) is 0 Å². The van der Waals surface area contributed by atoms with Gasteiger partial charge in [-0.2, -0.15) is 5.26 Å². The van der Waals surface area contributed by atoms with Crippen LogP contribution in [0.25, 0.3) is 0 Å². The number of Topliss-reactive ketones (excluding diaryl/α,β-unsaturated/α-hetero) is 1. The molecule has 0 amide bonds. The number of nitrogens with zero attached hydrogens (tertiary/aromatic N) is 1. The number of hydrogen-bond donors (Lipinski definition) is 0. The zero-order chi connectivity index (χ0) is 13.0. The van der Waals surface area contributed by atoms with Crippen molar-refractivity contribution in [2.24, 2.45) is 0 Å². The second-order valence-corrected chi connectivity index (χ2v) is 5.12. The van der Waals surface area contributed by atoms with Gasteiger partial charge in [-0.1, -0.05) is 30.3 Å². The van der Waals surface area contributed by atoms with Crippen LogP contribution < -0.4 is 0 Å². The molecule has 0 aliphatic heterocycles. The Morgan fingerprint density at radius 2 is 1.78 bits per heavy atom. The molecule has 0 saturated carbocycles. The zero-order valence-electron chi connectivity index (χ0n) is 9.56. The highest BCUT2D eigenvalue weighted by Gasteiger charge is 2.09. The van der Waals surface area contributed by atoms with Gasteiger partial charge in [-0.15, -0.1) is 0 Å². The molecular weight excluding hydrogens is 337 g/mol. The molecule has 0 fully saturated rings. The van der Waals surface area contributed by atoms with Crippen molar-refractivity contribution < 1.29 is 4.79 Å². The van der Waals surface area contributed by atoms with Crippen LogP contribution >= 0.6 is 22.6 Å². The lowest BCUT2D eigenvalue weighted by atomic mass is 9.99. The highest BCUT2D eigenvalue weighted by Crippen LogP contribution is 2.13. The molecule has 0 bridgehead atoms. The number of carbonyl (C=O) groups is 1. The number of hydrogen-bond acceptors (Lipinski definition) is 2. The number of carbonyl (C=O) groups excluding carboxylic acids is 1. The van der Waals surface area contributed by atoms with E-state index in [1.807, 2.05) is 36.4 Å². The van der Waals surface area contributed by atoms with Crippen LogP contribution in [0.15, 0.2) is 48.5 Å². The third-order valence-electron chi connectivity index (χ3n) is 2.66.